The number of hydrogen-bond acceptors (Lipinski definition) is 5. The van der Waals surface area contributed by atoms with Gasteiger partial charge in [-0.1, -0.05) is 36.8 Å². The van der Waals surface area contributed by atoms with Crippen LogP contribution in [0, 0.1) is 18.3 Å². The zero-order chi connectivity index (χ0) is 15.2. The van der Waals surface area contributed by atoms with E-state index in [9.17, 15) is 0 Å². The Morgan fingerprint density at radius 2 is 1.95 bits per heavy atom. The van der Waals surface area contributed by atoms with Gasteiger partial charge in [-0.15, -0.1) is 10.2 Å². The topological polar surface area (TPSA) is 74.5 Å². The average molecular weight is 298 g/mol. The molecule has 2 aromatic rings. The minimum absolute atomic E-state index is 0.499. The number of nitrogens with zero attached hydrogens (tertiary/aromatic N) is 3. The minimum atomic E-state index is 0.499. The molecule has 0 aliphatic carbocycles. The van der Waals surface area contributed by atoms with Crippen molar-refractivity contribution < 1.29 is 0 Å². The normalized spacial score (nSPS) is 10.9. The lowest BCUT2D eigenvalue weighted by Crippen LogP contribution is -1.83. The fraction of sp³-hybridized carbons (Fsp3) is 0.312. The number of azo groups is 1. The largest absolute Gasteiger partial charge is 0.389 e. The van der Waals surface area contributed by atoms with Crippen LogP contribution in [-0.2, 0) is 6.42 Å². The van der Waals surface area contributed by atoms with Gasteiger partial charge in [0.05, 0.1) is 11.3 Å². The maximum absolute atomic E-state index is 9.00. The molecule has 21 heavy (non-hydrogen) atoms. The number of aryl methyl sites for hydroxylation is 1. The van der Waals surface area contributed by atoms with E-state index in [2.05, 4.69) is 35.4 Å². The van der Waals surface area contributed by atoms with Crippen molar-refractivity contribution in [1.82, 2.24) is 0 Å². The zero-order valence-electron chi connectivity index (χ0n) is 12.3. The Hall–Kier alpha value is -2.19. The Morgan fingerprint density at radius 3 is 2.52 bits per heavy atom. The number of nitriles is 1. The molecule has 108 valence electrons. The van der Waals surface area contributed by atoms with E-state index in [1.807, 2.05) is 19.1 Å². The van der Waals surface area contributed by atoms with Crippen LogP contribution in [0.15, 0.2) is 34.5 Å². The van der Waals surface area contributed by atoms with Gasteiger partial charge in [-0.3, -0.25) is 0 Å². The predicted octanol–water partition coefficient (Wildman–Crippen LogP) is 5.27. The predicted molar refractivity (Wildman–Crippen MR) is 87.4 cm³/mol. The van der Waals surface area contributed by atoms with Crippen molar-refractivity contribution in [1.29, 1.82) is 5.26 Å². The summed E-state index contributed by atoms with van der Waals surface area (Å²) in [6.45, 7) is 4.03. The monoisotopic (exact) mass is 298 g/mol. The Balaban J connectivity index is 2.13. The maximum atomic E-state index is 9.00. The third-order valence-corrected chi connectivity index (χ3v) is 4.28. The van der Waals surface area contributed by atoms with E-state index in [-0.39, 0.29) is 0 Å². The summed E-state index contributed by atoms with van der Waals surface area (Å²) >= 11 is 1.29. The molecule has 4 nitrogen and oxygen atoms in total. The van der Waals surface area contributed by atoms with Crippen LogP contribution >= 0.6 is 11.3 Å². The summed E-state index contributed by atoms with van der Waals surface area (Å²) in [6, 6.07) is 10.2. The summed E-state index contributed by atoms with van der Waals surface area (Å²) in [5, 5.41) is 18.6. The van der Waals surface area contributed by atoms with Crippen LogP contribution in [0.5, 0.6) is 0 Å². The number of hydrogen-bond donors (Lipinski definition) is 1. The smallest absolute Gasteiger partial charge is 0.145 e. The standard InChI is InChI=1S/C16H18N4S/c1-3-4-5-12-6-8-13(9-7-12)19-20-16-11(2)14(10-17)15(18)21-16/h6-9H,3-5,18H2,1-2H3. The van der Waals surface area contributed by atoms with Crippen molar-refractivity contribution in [3.63, 3.8) is 0 Å². The lowest BCUT2D eigenvalue weighted by Gasteiger charge is -1.99. The van der Waals surface area contributed by atoms with Crippen LogP contribution in [0.4, 0.5) is 15.7 Å². The van der Waals surface area contributed by atoms with Gasteiger partial charge in [-0.2, -0.15) is 5.26 Å². The lowest BCUT2D eigenvalue weighted by atomic mass is 10.1. The van der Waals surface area contributed by atoms with Crippen LogP contribution < -0.4 is 5.73 Å². The van der Waals surface area contributed by atoms with E-state index in [1.165, 1.54) is 29.7 Å². The third kappa shape index (κ3) is 3.67. The molecule has 1 heterocycles. The van der Waals surface area contributed by atoms with E-state index in [0.717, 1.165) is 17.7 Å². The van der Waals surface area contributed by atoms with Gasteiger partial charge in [0.2, 0.25) is 0 Å². The first kappa shape index (κ1) is 15.2. The Bertz CT molecular complexity index is 678. The van der Waals surface area contributed by atoms with Crippen LogP contribution in [0.3, 0.4) is 0 Å². The molecular weight excluding hydrogens is 280 g/mol. The molecule has 0 saturated heterocycles. The summed E-state index contributed by atoms with van der Waals surface area (Å²) in [4.78, 5) is 0. The third-order valence-electron chi connectivity index (χ3n) is 3.27. The first-order chi connectivity index (χ1) is 10.2. The second-order valence-electron chi connectivity index (χ2n) is 4.85. The summed E-state index contributed by atoms with van der Waals surface area (Å²) < 4.78 is 0. The number of anilines is 1. The van der Waals surface area contributed by atoms with Gasteiger partial charge in [0.1, 0.15) is 16.1 Å². The number of nitrogen functional groups attached to an aromatic ring is 1. The quantitative estimate of drug-likeness (QED) is 0.763. The summed E-state index contributed by atoms with van der Waals surface area (Å²) in [7, 11) is 0. The number of rotatable bonds is 5. The molecule has 2 rings (SSSR count). The van der Waals surface area contributed by atoms with Gasteiger partial charge in [0, 0.05) is 5.56 Å². The molecule has 1 aromatic carbocycles. The fourth-order valence-corrected chi connectivity index (χ4v) is 2.82. The lowest BCUT2D eigenvalue weighted by molar-refractivity contribution is 0.795. The highest BCUT2D eigenvalue weighted by atomic mass is 32.1. The summed E-state index contributed by atoms with van der Waals surface area (Å²) in [5.41, 5.74) is 9.20. The number of nitrogens with two attached hydrogens (primary N) is 1. The summed E-state index contributed by atoms with van der Waals surface area (Å²) in [5.74, 6) is 0. The van der Waals surface area contributed by atoms with E-state index in [0.29, 0.717) is 15.6 Å². The van der Waals surface area contributed by atoms with Crippen molar-refractivity contribution >= 4 is 27.0 Å². The van der Waals surface area contributed by atoms with Crippen molar-refractivity contribution in [3.8, 4) is 6.07 Å². The number of unbranched alkanes of at least 4 members (excludes halogenated alkanes) is 1. The van der Waals surface area contributed by atoms with E-state index in [4.69, 9.17) is 11.0 Å². The van der Waals surface area contributed by atoms with Crippen molar-refractivity contribution in [3.05, 3.63) is 41.0 Å². The summed E-state index contributed by atoms with van der Waals surface area (Å²) in [6.07, 6.45) is 3.49. The first-order valence-corrected chi connectivity index (χ1v) is 7.77. The van der Waals surface area contributed by atoms with Crippen LogP contribution in [0.2, 0.25) is 0 Å². The fourth-order valence-electron chi connectivity index (χ4n) is 1.97. The van der Waals surface area contributed by atoms with Crippen molar-refractivity contribution in [2.75, 3.05) is 5.73 Å². The van der Waals surface area contributed by atoms with Gasteiger partial charge in [-0.25, -0.2) is 0 Å². The van der Waals surface area contributed by atoms with Crippen LogP contribution in [0.25, 0.3) is 0 Å². The molecule has 5 heteroatoms. The van der Waals surface area contributed by atoms with Crippen molar-refractivity contribution in [2.45, 2.75) is 33.1 Å². The molecule has 0 saturated carbocycles. The SMILES string of the molecule is CCCCc1ccc(N=Nc2sc(N)c(C#N)c2C)cc1. The highest BCUT2D eigenvalue weighted by Gasteiger charge is 2.11. The molecular formula is C16H18N4S. The molecule has 0 radical (unpaired) electrons. The van der Waals surface area contributed by atoms with E-state index in [1.54, 1.807) is 0 Å². The first-order valence-electron chi connectivity index (χ1n) is 6.95. The zero-order valence-corrected chi connectivity index (χ0v) is 13.1. The number of benzene rings is 1. The minimum Gasteiger partial charge on any atom is -0.389 e. The van der Waals surface area contributed by atoms with Crippen LogP contribution in [-0.4, -0.2) is 0 Å². The maximum Gasteiger partial charge on any atom is 0.145 e. The Kier molecular flexibility index (Phi) is 5.07. The van der Waals surface area contributed by atoms with Gasteiger partial charge in [0.25, 0.3) is 0 Å². The van der Waals surface area contributed by atoms with E-state index < -0.39 is 0 Å². The molecule has 0 amide bonds. The molecule has 0 aliphatic heterocycles. The molecule has 0 aliphatic rings. The highest BCUT2D eigenvalue weighted by molar-refractivity contribution is 7.20. The number of thiophene rings is 1. The molecule has 1 aromatic heterocycles. The molecule has 2 N–H and O–H groups in total. The van der Waals surface area contributed by atoms with Gasteiger partial charge >= 0.3 is 0 Å². The van der Waals surface area contributed by atoms with Gasteiger partial charge in [0.15, 0.2) is 0 Å². The second kappa shape index (κ2) is 7.00. The Morgan fingerprint density at radius 1 is 1.24 bits per heavy atom. The Labute approximate surface area is 128 Å². The van der Waals surface area contributed by atoms with E-state index >= 15 is 0 Å². The molecule has 0 fully saturated rings. The molecule has 0 atom stereocenters. The van der Waals surface area contributed by atoms with Crippen molar-refractivity contribution in [2.24, 2.45) is 10.2 Å². The average Bonchev–Trinajstić information content (AvgIpc) is 2.77. The molecule has 0 bridgehead atoms. The van der Waals surface area contributed by atoms with Gasteiger partial charge < -0.3 is 5.73 Å². The molecule has 0 spiro atoms. The van der Waals surface area contributed by atoms with Crippen LogP contribution in [0.1, 0.15) is 36.5 Å². The van der Waals surface area contributed by atoms with Gasteiger partial charge in [-0.05, 0) is 37.5 Å². The molecule has 0 unspecified atom stereocenters. The second-order valence-corrected chi connectivity index (χ2v) is 5.88. The highest BCUT2D eigenvalue weighted by Crippen LogP contribution is 2.37.